The van der Waals surface area contributed by atoms with Crippen molar-refractivity contribution < 1.29 is 0 Å². The van der Waals surface area contributed by atoms with Crippen molar-refractivity contribution >= 4 is 22.6 Å². The Morgan fingerprint density at radius 1 is 0.966 bits per heavy atom. The zero-order valence-corrected chi connectivity index (χ0v) is 16.8. The van der Waals surface area contributed by atoms with E-state index in [1.807, 2.05) is 12.4 Å². The lowest BCUT2D eigenvalue weighted by Gasteiger charge is -2.30. The van der Waals surface area contributed by atoms with Crippen molar-refractivity contribution in [1.29, 1.82) is 0 Å². The molecule has 2 aromatic heterocycles. The Kier molecular flexibility index (Phi) is 3.99. The fourth-order valence-corrected chi connectivity index (χ4v) is 4.50. The van der Waals surface area contributed by atoms with E-state index in [2.05, 4.69) is 95.6 Å². The summed E-state index contributed by atoms with van der Waals surface area (Å²) in [5.41, 5.74) is 8.04. The molecule has 0 saturated carbocycles. The third-order valence-corrected chi connectivity index (χ3v) is 6.08. The van der Waals surface area contributed by atoms with Gasteiger partial charge in [-0.05, 0) is 35.3 Å². The molecule has 0 bridgehead atoms. The lowest BCUT2D eigenvalue weighted by atomic mass is 9.73. The third kappa shape index (κ3) is 2.65. The van der Waals surface area contributed by atoms with Crippen LogP contribution in [0.4, 0.5) is 0 Å². The molecule has 1 aliphatic rings. The highest BCUT2D eigenvalue weighted by molar-refractivity contribution is 6.00. The molecule has 4 aromatic rings. The van der Waals surface area contributed by atoms with Crippen LogP contribution in [-0.4, -0.2) is 14.5 Å². The first-order valence-corrected chi connectivity index (χ1v) is 9.92. The second kappa shape index (κ2) is 6.56. The Labute approximate surface area is 171 Å². The van der Waals surface area contributed by atoms with Crippen LogP contribution in [0.1, 0.15) is 36.2 Å². The van der Waals surface area contributed by atoms with E-state index < -0.39 is 0 Å². The van der Waals surface area contributed by atoms with Crippen LogP contribution in [0.15, 0.2) is 79.9 Å². The van der Waals surface area contributed by atoms with E-state index in [9.17, 15) is 0 Å². The van der Waals surface area contributed by atoms with Crippen molar-refractivity contribution in [3.8, 4) is 5.69 Å². The molecule has 0 radical (unpaired) electrons. The fourth-order valence-electron chi connectivity index (χ4n) is 4.50. The number of hydrogen-bond acceptors (Lipinski definition) is 2. The number of para-hydroxylation sites is 1. The van der Waals surface area contributed by atoms with Crippen molar-refractivity contribution in [2.75, 3.05) is 0 Å². The summed E-state index contributed by atoms with van der Waals surface area (Å²) in [4.78, 5) is 8.52. The number of benzene rings is 2. The van der Waals surface area contributed by atoms with Crippen molar-refractivity contribution in [2.24, 2.45) is 0 Å². The molecule has 0 saturated heterocycles. The summed E-state index contributed by atoms with van der Waals surface area (Å²) in [6.45, 7) is 9.19. The van der Waals surface area contributed by atoms with Crippen LogP contribution in [0.3, 0.4) is 0 Å². The molecule has 0 fully saturated rings. The first kappa shape index (κ1) is 17.6. The lowest BCUT2D eigenvalue weighted by molar-refractivity contribution is 0.686. The van der Waals surface area contributed by atoms with Gasteiger partial charge >= 0.3 is 0 Å². The average Bonchev–Trinajstić information content (AvgIpc) is 3.08. The molecule has 142 valence electrons. The molecule has 5 rings (SSSR count). The van der Waals surface area contributed by atoms with Crippen molar-refractivity contribution in [2.45, 2.75) is 25.7 Å². The van der Waals surface area contributed by atoms with Crippen LogP contribution in [0.25, 0.3) is 28.2 Å². The smallest absolute Gasteiger partial charge is 0.115 e. The monoisotopic (exact) mass is 377 g/mol. The SMILES string of the molecule is C=C1c2c(n(-c3cncnc3)c3ccccc23)/C=C\Cc2ccccc2C1(C)C. The van der Waals surface area contributed by atoms with Gasteiger partial charge in [-0.1, -0.05) is 69.0 Å². The molecule has 2 aromatic carbocycles. The van der Waals surface area contributed by atoms with Crippen LogP contribution >= 0.6 is 0 Å². The predicted octanol–water partition coefficient (Wildman–Crippen LogP) is 5.98. The van der Waals surface area contributed by atoms with E-state index in [-0.39, 0.29) is 5.41 Å². The summed E-state index contributed by atoms with van der Waals surface area (Å²) < 4.78 is 2.25. The van der Waals surface area contributed by atoms with E-state index in [1.165, 1.54) is 22.1 Å². The van der Waals surface area contributed by atoms with E-state index in [1.54, 1.807) is 6.33 Å². The van der Waals surface area contributed by atoms with Crippen molar-refractivity contribution in [3.05, 3.63) is 102 Å². The number of aromatic nitrogens is 3. The molecule has 0 spiro atoms. The maximum atomic E-state index is 4.63. The highest BCUT2D eigenvalue weighted by atomic mass is 15.0. The molecule has 0 atom stereocenters. The van der Waals surface area contributed by atoms with Crippen LogP contribution in [-0.2, 0) is 11.8 Å². The maximum Gasteiger partial charge on any atom is 0.115 e. The number of nitrogens with zero attached hydrogens (tertiary/aromatic N) is 3. The van der Waals surface area contributed by atoms with Crippen LogP contribution in [0, 0.1) is 0 Å². The first-order valence-electron chi connectivity index (χ1n) is 9.92. The fraction of sp³-hybridized carbons (Fsp3) is 0.154. The molecule has 1 aliphatic carbocycles. The second-order valence-corrected chi connectivity index (χ2v) is 8.08. The van der Waals surface area contributed by atoms with Gasteiger partial charge in [0.25, 0.3) is 0 Å². The standard InChI is InChI=1S/C26H23N3/c1-18-25-21-11-5-7-13-23(21)29(20-15-27-17-28-16-20)24(25)14-8-10-19-9-4-6-12-22(19)26(18,2)3/h4-9,11-17H,1,10H2,2-3H3/b14-8-. The molecule has 0 amide bonds. The molecular formula is C26H23N3. The first-order chi connectivity index (χ1) is 14.1. The van der Waals surface area contributed by atoms with Crippen molar-refractivity contribution in [1.82, 2.24) is 14.5 Å². The topological polar surface area (TPSA) is 30.7 Å². The number of hydrogen-bond donors (Lipinski definition) is 0. The number of fused-ring (bicyclic) bond motifs is 4. The Morgan fingerprint density at radius 2 is 1.69 bits per heavy atom. The Bertz CT molecular complexity index is 1260. The maximum absolute atomic E-state index is 4.63. The summed E-state index contributed by atoms with van der Waals surface area (Å²) in [5.74, 6) is 0. The van der Waals surface area contributed by atoms with Gasteiger partial charge in [0.05, 0.1) is 29.3 Å². The van der Waals surface area contributed by atoms with Crippen LogP contribution in [0.5, 0.6) is 0 Å². The van der Waals surface area contributed by atoms with Gasteiger partial charge in [-0.3, -0.25) is 0 Å². The lowest BCUT2D eigenvalue weighted by Crippen LogP contribution is -2.21. The average molecular weight is 377 g/mol. The molecular weight excluding hydrogens is 354 g/mol. The van der Waals surface area contributed by atoms with E-state index in [4.69, 9.17) is 0 Å². The van der Waals surface area contributed by atoms with Gasteiger partial charge in [-0.25, -0.2) is 9.97 Å². The van der Waals surface area contributed by atoms with Gasteiger partial charge in [-0.15, -0.1) is 0 Å². The predicted molar refractivity (Wildman–Crippen MR) is 120 cm³/mol. The summed E-state index contributed by atoms with van der Waals surface area (Å²) in [6.07, 6.45) is 10.7. The van der Waals surface area contributed by atoms with Crippen LogP contribution in [0.2, 0.25) is 0 Å². The molecule has 0 unspecified atom stereocenters. The largest absolute Gasteiger partial charge is 0.306 e. The zero-order chi connectivity index (χ0) is 20.0. The highest BCUT2D eigenvalue weighted by Crippen LogP contribution is 2.45. The summed E-state index contributed by atoms with van der Waals surface area (Å²) in [5, 5.41) is 1.20. The quantitative estimate of drug-likeness (QED) is 0.408. The van der Waals surface area contributed by atoms with E-state index in [0.717, 1.165) is 28.9 Å². The van der Waals surface area contributed by atoms with E-state index in [0.29, 0.717) is 0 Å². The van der Waals surface area contributed by atoms with Gasteiger partial charge in [-0.2, -0.15) is 0 Å². The van der Waals surface area contributed by atoms with Crippen molar-refractivity contribution in [3.63, 3.8) is 0 Å². The van der Waals surface area contributed by atoms with E-state index >= 15 is 0 Å². The molecule has 3 heteroatoms. The molecule has 2 heterocycles. The zero-order valence-electron chi connectivity index (χ0n) is 16.8. The Morgan fingerprint density at radius 3 is 2.52 bits per heavy atom. The molecule has 0 aliphatic heterocycles. The normalized spacial score (nSPS) is 16.4. The summed E-state index contributed by atoms with van der Waals surface area (Å²) in [6, 6.07) is 17.2. The van der Waals surface area contributed by atoms with Gasteiger partial charge in [0.15, 0.2) is 0 Å². The minimum Gasteiger partial charge on any atom is -0.306 e. The minimum absolute atomic E-state index is 0.195. The second-order valence-electron chi connectivity index (χ2n) is 8.08. The number of rotatable bonds is 1. The number of allylic oxidation sites excluding steroid dienone is 2. The van der Waals surface area contributed by atoms with Gasteiger partial charge in [0, 0.05) is 16.4 Å². The Balaban J connectivity index is 1.88. The Hall–Kier alpha value is -3.46. The van der Waals surface area contributed by atoms with Gasteiger partial charge in [0.1, 0.15) is 6.33 Å². The molecule has 29 heavy (non-hydrogen) atoms. The van der Waals surface area contributed by atoms with Crippen LogP contribution < -0.4 is 0 Å². The summed E-state index contributed by atoms with van der Waals surface area (Å²) >= 11 is 0. The highest BCUT2D eigenvalue weighted by Gasteiger charge is 2.32. The molecule has 0 N–H and O–H groups in total. The summed E-state index contributed by atoms with van der Waals surface area (Å²) in [7, 11) is 0. The van der Waals surface area contributed by atoms with Gasteiger partial charge < -0.3 is 4.57 Å². The van der Waals surface area contributed by atoms with Gasteiger partial charge in [0.2, 0.25) is 0 Å². The minimum atomic E-state index is -0.195. The third-order valence-electron chi connectivity index (χ3n) is 6.08. The molecule has 3 nitrogen and oxygen atoms in total.